The van der Waals surface area contributed by atoms with Gasteiger partial charge >= 0.3 is 0 Å². The molecule has 2 aromatic heterocycles. The van der Waals surface area contributed by atoms with Crippen molar-refractivity contribution in [2.45, 2.75) is 19.8 Å². The fourth-order valence-electron chi connectivity index (χ4n) is 2.08. The third-order valence-corrected chi connectivity index (χ3v) is 3.37. The van der Waals surface area contributed by atoms with E-state index in [0.29, 0.717) is 16.1 Å². The minimum Gasteiger partial charge on any atom is -0.451 e. The molecule has 0 N–H and O–H groups in total. The highest BCUT2D eigenvalue weighted by atomic mass is 79.9. The molecule has 0 saturated heterocycles. The fraction of sp³-hybridized carbons (Fsp3) is 0.200. The normalized spacial score (nSPS) is 11.2. The summed E-state index contributed by atoms with van der Waals surface area (Å²) >= 11 is 3.37. The minimum absolute atomic E-state index is 0.259. The highest BCUT2D eigenvalue weighted by Crippen LogP contribution is 2.29. The average molecular weight is 335 g/mol. The van der Waals surface area contributed by atoms with Crippen molar-refractivity contribution < 1.29 is 8.81 Å². The third-order valence-electron chi connectivity index (χ3n) is 2.96. The van der Waals surface area contributed by atoms with Crippen LogP contribution in [0.25, 0.3) is 22.4 Å². The molecule has 3 rings (SSSR count). The molecule has 0 fully saturated rings. The van der Waals surface area contributed by atoms with Crippen molar-refractivity contribution in [3.8, 4) is 11.5 Å². The summed E-state index contributed by atoms with van der Waals surface area (Å²) in [5, 5.41) is 0.728. The Balaban J connectivity index is 2.12. The Hall–Kier alpha value is -1.75. The first-order valence-corrected chi connectivity index (χ1v) is 7.18. The molecular weight excluding hydrogens is 323 g/mol. The molecule has 5 heteroatoms. The second-order valence-corrected chi connectivity index (χ2v) is 5.32. The van der Waals surface area contributed by atoms with E-state index in [9.17, 15) is 4.39 Å². The first-order chi connectivity index (χ1) is 9.67. The molecule has 0 atom stereocenters. The molecule has 0 spiro atoms. The van der Waals surface area contributed by atoms with Crippen LogP contribution in [0.3, 0.4) is 0 Å². The van der Waals surface area contributed by atoms with Crippen molar-refractivity contribution in [1.29, 1.82) is 0 Å². The Bertz CT molecular complexity index is 770. The number of hydrogen-bond donors (Lipinski definition) is 0. The lowest BCUT2D eigenvalue weighted by Gasteiger charge is -2.01. The van der Waals surface area contributed by atoms with E-state index >= 15 is 0 Å². The summed E-state index contributed by atoms with van der Waals surface area (Å²) < 4.78 is 19.9. The maximum absolute atomic E-state index is 13.7. The number of benzene rings is 1. The summed E-state index contributed by atoms with van der Waals surface area (Å²) in [4.78, 5) is 8.77. The zero-order valence-corrected chi connectivity index (χ0v) is 12.4. The molecule has 0 aliphatic heterocycles. The topological polar surface area (TPSA) is 38.9 Å². The quantitative estimate of drug-likeness (QED) is 0.649. The number of nitrogens with zero attached hydrogens (tertiary/aromatic N) is 2. The molecule has 3 nitrogen and oxygen atoms in total. The molecule has 0 amide bonds. The zero-order valence-electron chi connectivity index (χ0n) is 10.9. The molecule has 0 saturated carbocycles. The Morgan fingerprint density at radius 1 is 1.25 bits per heavy atom. The fourth-order valence-corrected chi connectivity index (χ4v) is 2.50. The molecular formula is C15H12BrFN2O. The van der Waals surface area contributed by atoms with Crippen LogP contribution in [0.5, 0.6) is 0 Å². The van der Waals surface area contributed by atoms with E-state index in [2.05, 4.69) is 32.8 Å². The van der Waals surface area contributed by atoms with Gasteiger partial charge in [-0.25, -0.2) is 14.4 Å². The van der Waals surface area contributed by atoms with Gasteiger partial charge in [-0.2, -0.15) is 0 Å². The van der Waals surface area contributed by atoms with Gasteiger partial charge in [0.05, 0.1) is 0 Å². The van der Waals surface area contributed by atoms with Crippen molar-refractivity contribution in [3.63, 3.8) is 0 Å². The lowest BCUT2D eigenvalue weighted by atomic mass is 10.2. The highest BCUT2D eigenvalue weighted by Gasteiger charge is 2.12. The molecule has 2 heterocycles. The van der Waals surface area contributed by atoms with E-state index in [1.165, 1.54) is 6.07 Å². The standard InChI is InChI=1S/C15H12BrFN2O/c1-2-4-14-18-11(8-13(16)19-14)12-7-9-5-3-6-10(17)15(9)20-12/h3,5-8H,2,4H2,1H3. The van der Waals surface area contributed by atoms with Crippen LogP contribution in [0.2, 0.25) is 0 Å². The predicted molar refractivity (Wildman–Crippen MR) is 78.9 cm³/mol. The molecule has 0 bridgehead atoms. The van der Waals surface area contributed by atoms with Crippen LogP contribution >= 0.6 is 15.9 Å². The Kier molecular flexibility index (Phi) is 3.53. The Morgan fingerprint density at radius 3 is 2.85 bits per heavy atom. The zero-order chi connectivity index (χ0) is 14.1. The summed E-state index contributed by atoms with van der Waals surface area (Å²) in [6.07, 6.45) is 1.76. The highest BCUT2D eigenvalue weighted by molar-refractivity contribution is 9.10. The molecule has 3 aromatic rings. The van der Waals surface area contributed by atoms with Gasteiger partial charge in [-0.1, -0.05) is 19.1 Å². The van der Waals surface area contributed by atoms with E-state index in [1.807, 2.05) is 6.07 Å². The molecule has 0 radical (unpaired) electrons. The summed E-state index contributed by atoms with van der Waals surface area (Å²) in [7, 11) is 0. The third kappa shape index (κ3) is 2.45. The Labute approximate surface area is 124 Å². The first kappa shape index (κ1) is 13.2. The van der Waals surface area contributed by atoms with Gasteiger partial charge in [0, 0.05) is 17.9 Å². The monoisotopic (exact) mass is 334 g/mol. The van der Waals surface area contributed by atoms with Gasteiger partial charge in [0.1, 0.15) is 16.1 Å². The van der Waals surface area contributed by atoms with Crippen molar-refractivity contribution >= 4 is 26.9 Å². The smallest absolute Gasteiger partial charge is 0.170 e. The van der Waals surface area contributed by atoms with E-state index in [4.69, 9.17) is 4.42 Å². The molecule has 1 aromatic carbocycles. The Morgan fingerprint density at radius 2 is 2.10 bits per heavy atom. The van der Waals surface area contributed by atoms with Crippen LogP contribution in [0, 0.1) is 5.82 Å². The summed E-state index contributed by atoms with van der Waals surface area (Å²) in [6, 6.07) is 8.43. The number of para-hydroxylation sites is 1. The van der Waals surface area contributed by atoms with Gasteiger partial charge in [0.2, 0.25) is 0 Å². The van der Waals surface area contributed by atoms with Crippen molar-refractivity contribution in [3.05, 3.63) is 46.6 Å². The lowest BCUT2D eigenvalue weighted by Crippen LogP contribution is -1.96. The van der Waals surface area contributed by atoms with Gasteiger partial charge in [-0.15, -0.1) is 0 Å². The molecule has 0 aliphatic rings. The summed E-state index contributed by atoms with van der Waals surface area (Å²) in [6.45, 7) is 2.07. The predicted octanol–water partition coefficient (Wildman–Crippen LogP) is 4.74. The number of aromatic nitrogens is 2. The van der Waals surface area contributed by atoms with Crippen LogP contribution in [-0.4, -0.2) is 9.97 Å². The molecule has 0 unspecified atom stereocenters. The van der Waals surface area contributed by atoms with Crippen molar-refractivity contribution in [2.24, 2.45) is 0 Å². The molecule has 102 valence electrons. The van der Waals surface area contributed by atoms with Gasteiger partial charge < -0.3 is 4.42 Å². The maximum atomic E-state index is 13.7. The number of halogens is 2. The van der Waals surface area contributed by atoms with Crippen LogP contribution in [0.4, 0.5) is 4.39 Å². The number of fused-ring (bicyclic) bond motifs is 1. The maximum Gasteiger partial charge on any atom is 0.170 e. The molecule has 0 aliphatic carbocycles. The van der Waals surface area contributed by atoms with Gasteiger partial charge in [-0.05, 0) is 34.5 Å². The van der Waals surface area contributed by atoms with E-state index < -0.39 is 0 Å². The largest absolute Gasteiger partial charge is 0.451 e. The van der Waals surface area contributed by atoms with Gasteiger partial charge in [-0.3, -0.25) is 0 Å². The van der Waals surface area contributed by atoms with E-state index in [-0.39, 0.29) is 11.4 Å². The van der Waals surface area contributed by atoms with Crippen LogP contribution in [0.15, 0.2) is 39.4 Å². The average Bonchev–Trinajstić information content (AvgIpc) is 2.84. The summed E-state index contributed by atoms with van der Waals surface area (Å²) in [5.74, 6) is 0.930. The van der Waals surface area contributed by atoms with Crippen LogP contribution < -0.4 is 0 Å². The summed E-state index contributed by atoms with van der Waals surface area (Å²) in [5.41, 5.74) is 0.917. The second kappa shape index (κ2) is 5.32. The number of hydrogen-bond acceptors (Lipinski definition) is 3. The molecule has 20 heavy (non-hydrogen) atoms. The lowest BCUT2D eigenvalue weighted by molar-refractivity contribution is 0.567. The van der Waals surface area contributed by atoms with Gasteiger partial charge in [0.25, 0.3) is 0 Å². The number of rotatable bonds is 3. The SMILES string of the molecule is CCCc1nc(Br)cc(-c2cc3cccc(F)c3o2)n1. The minimum atomic E-state index is -0.365. The van der Waals surface area contributed by atoms with Crippen LogP contribution in [0.1, 0.15) is 19.2 Å². The van der Waals surface area contributed by atoms with E-state index in [0.717, 1.165) is 24.1 Å². The number of furan rings is 1. The first-order valence-electron chi connectivity index (χ1n) is 6.39. The number of aryl methyl sites for hydroxylation is 1. The van der Waals surface area contributed by atoms with Crippen molar-refractivity contribution in [1.82, 2.24) is 9.97 Å². The second-order valence-electron chi connectivity index (χ2n) is 4.51. The van der Waals surface area contributed by atoms with Crippen LogP contribution in [-0.2, 0) is 6.42 Å². The van der Waals surface area contributed by atoms with Crippen molar-refractivity contribution in [2.75, 3.05) is 0 Å². The van der Waals surface area contributed by atoms with Gasteiger partial charge in [0.15, 0.2) is 17.2 Å². The van der Waals surface area contributed by atoms with E-state index in [1.54, 1.807) is 18.2 Å².